The van der Waals surface area contributed by atoms with Crippen LogP contribution in [0.25, 0.3) is 10.9 Å². The van der Waals surface area contributed by atoms with E-state index in [4.69, 9.17) is 11.6 Å². The molecule has 4 aromatic rings. The zero-order valence-electron chi connectivity index (χ0n) is 17.0. The molecule has 0 bridgehead atoms. The van der Waals surface area contributed by atoms with Gasteiger partial charge in [-0.05, 0) is 67.6 Å². The number of hydrogen-bond acceptors (Lipinski definition) is 4. The lowest BCUT2D eigenvalue weighted by Crippen LogP contribution is -2.12. The molecule has 31 heavy (non-hydrogen) atoms. The van der Waals surface area contributed by atoms with Gasteiger partial charge < -0.3 is 10.6 Å². The summed E-state index contributed by atoms with van der Waals surface area (Å²) in [5.41, 5.74) is 3.03. The lowest BCUT2D eigenvalue weighted by atomic mass is 10.1. The lowest BCUT2D eigenvalue weighted by molar-refractivity contribution is 0.589. The van der Waals surface area contributed by atoms with Gasteiger partial charge in [-0.1, -0.05) is 29.8 Å². The maximum Gasteiger partial charge on any atom is 0.268 e. The van der Waals surface area contributed by atoms with Gasteiger partial charge in [0.1, 0.15) is 5.82 Å². The summed E-state index contributed by atoms with van der Waals surface area (Å²) in [5.74, 6) is -0.377. The van der Waals surface area contributed by atoms with Gasteiger partial charge in [0.15, 0.2) is 0 Å². The van der Waals surface area contributed by atoms with Gasteiger partial charge >= 0.3 is 0 Å². The molecular weight excluding hydrogens is 437 g/mol. The molecule has 1 heterocycles. The number of aromatic nitrogens is 1. The Hall–Kier alpha value is -2.87. The predicted molar refractivity (Wildman–Crippen MR) is 123 cm³/mol. The number of halogens is 2. The molecule has 0 aliphatic rings. The number of fused-ring (bicyclic) bond motifs is 1. The van der Waals surface area contributed by atoms with Crippen molar-refractivity contribution in [1.29, 1.82) is 0 Å². The van der Waals surface area contributed by atoms with Crippen LogP contribution in [-0.2, 0) is 16.6 Å². The molecule has 4 rings (SSSR count). The van der Waals surface area contributed by atoms with Crippen LogP contribution in [-0.4, -0.2) is 19.4 Å². The minimum Gasteiger partial charge on any atom is -0.353 e. The molecule has 0 radical (unpaired) electrons. The highest BCUT2D eigenvalue weighted by Gasteiger charge is 2.22. The summed E-state index contributed by atoms with van der Waals surface area (Å²) in [5, 5.41) is 7.23. The van der Waals surface area contributed by atoms with Gasteiger partial charge in [0.25, 0.3) is 10.0 Å². The molecule has 0 atom stereocenters. The largest absolute Gasteiger partial charge is 0.353 e. The van der Waals surface area contributed by atoms with E-state index in [0.717, 1.165) is 16.5 Å². The number of nitrogens with one attached hydrogen (secondary N) is 2. The molecular formula is C23H21ClFN3O2S. The standard InChI is InChI=1S/C23H21ClFN3O2S/c1-15-6-9-22(21(25)10-15)27-18-7-8-20-16(13-26-2)14-28(23(20)12-18)31(29,30)19-5-3-4-17(24)11-19/h3-12,14,26-27H,13H2,1-2H3. The van der Waals surface area contributed by atoms with Gasteiger partial charge in [-0.25, -0.2) is 16.8 Å². The predicted octanol–water partition coefficient (Wildman–Crippen LogP) is 5.44. The van der Waals surface area contributed by atoms with Crippen molar-refractivity contribution in [2.45, 2.75) is 18.4 Å². The highest BCUT2D eigenvalue weighted by atomic mass is 35.5. The van der Waals surface area contributed by atoms with Gasteiger partial charge in [0, 0.05) is 28.8 Å². The van der Waals surface area contributed by atoms with Crippen LogP contribution < -0.4 is 10.6 Å². The second kappa shape index (κ2) is 8.34. The lowest BCUT2D eigenvalue weighted by Gasteiger charge is -2.11. The molecule has 0 aliphatic heterocycles. The third kappa shape index (κ3) is 4.17. The smallest absolute Gasteiger partial charge is 0.268 e. The van der Waals surface area contributed by atoms with Crippen molar-refractivity contribution in [3.05, 3.63) is 88.8 Å². The quantitative estimate of drug-likeness (QED) is 0.404. The van der Waals surface area contributed by atoms with Gasteiger partial charge in [0.05, 0.1) is 16.1 Å². The number of aryl methyl sites for hydroxylation is 1. The summed E-state index contributed by atoms with van der Waals surface area (Å²) in [6, 6.07) is 16.4. The summed E-state index contributed by atoms with van der Waals surface area (Å²) in [7, 11) is -2.09. The molecule has 3 aromatic carbocycles. The fourth-order valence-electron chi connectivity index (χ4n) is 3.49. The SMILES string of the molecule is CNCc1cn(S(=O)(=O)c2cccc(Cl)c2)c2cc(Nc3ccc(C)cc3F)ccc12. The summed E-state index contributed by atoms with van der Waals surface area (Å²) >= 11 is 6.02. The molecule has 160 valence electrons. The molecule has 0 aliphatic carbocycles. The normalized spacial score (nSPS) is 11.7. The number of hydrogen-bond donors (Lipinski definition) is 2. The molecule has 0 saturated heterocycles. The van der Waals surface area contributed by atoms with E-state index in [1.165, 1.54) is 22.2 Å². The second-order valence-electron chi connectivity index (χ2n) is 7.28. The van der Waals surface area contributed by atoms with Crippen molar-refractivity contribution in [2.24, 2.45) is 0 Å². The van der Waals surface area contributed by atoms with Crippen LogP contribution in [0.4, 0.5) is 15.8 Å². The summed E-state index contributed by atoms with van der Waals surface area (Å²) in [4.78, 5) is 0.0934. The first kappa shape index (κ1) is 21.4. The fourth-order valence-corrected chi connectivity index (χ4v) is 5.18. The molecule has 0 saturated carbocycles. The highest BCUT2D eigenvalue weighted by molar-refractivity contribution is 7.90. The van der Waals surface area contributed by atoms with Crippen LogP contribution in [0.15, 0.2) is 71.8 Å². The Bertz CT molecular complexity index is 1380. The molecule has 8 heteroatoms. The van der Waals surface area contributed by atoms with Crippen molar-refractivity contribution < 1.29 is 12.8 Å². The van der Waals surface area contributed by atoms with Crippen LogP contribution in [0.3, 0.4) is 0 Å². The van der Waals surface area contributed by atoms with Crippen molar-refractivity contribution in [3.8, 4) is 0 Å². The van der Waals surface area contributed by atoms with Crippen molar-refractivity contribution in [1.82, 2.24) is 9.29 Å². The van der Waals surface area contributed by atoms with Crippen LogP contribution >= 0.6 is 11.6 Å². The Morgan fingerprint density at radius 2 is 1.87 bits per heavy atom. The molecule has 0 fully saturated rings. The third-order valence-electron chi connectivity index (χ3n) is 4.98. The van der Waals surface area contributed by atoms with Gasteiger partial charge in [-0.2, -0.15) is 0 Å². The zero-order chi connectivity index (χ0) is 22.2. The summed E-state index contributed by atoms with van der Waals surface area (Å²) in [6.07, 6.45) is 1.60. The average Bonchev–Trinajstić information content (AvgIpc) is 3.09. The summed E-state index contributed by atoms with van der Waals surface area (Å²) < 4.78 is 42.3. The van der Waals surface area contributed by atoms with E-state index in [0.29, 0.717) is 28.5 Å². The number of benzene rings is 3. The van der Waals surface area contributed by atoms with E-state index in [1.807, 2.05) is 13.0 Å². The number of nitrogens with zero attached hydrogens (tertiary/aromatic N) is 1. The van der Waals surface area contributed by atoms with Gasteiger partial charge in [-0.3, -0.25) is 0 Å². The van der Waals surface area contributed by atoms with E-state index < -0.39 is 10.0 Å². The first-order chi connectivity index (χ1) is 14.8. The van der Waals surface area contributed by atoms with E-state index in [2.05, 4.69) is 10.6 Å². The Kier molecular flexibility index (Phi) is 5.75. The number of anilines is 2. The van der Waals surface area contributed by atoms with E-state index in [1.54, 1.807) is 49.6 Å². The Morgan fingerprint density at radius 1 is 1.06 bits per heavy atom. The molecule has 0 amide bonds. The van der Waals surface area contributed by atoms with Gasteiger partial charge in [-0.15, -0.1) is 0 Å². The molecule has 2 N–H and O–H groups in total. The highest BCUT2D eigenvalue weighted by Crippen LogP contribution is 2.31. The minimum absolute atomic E-state index is 0.0934. The first-order valence-corrected chi connectivity index (χ1v) is 11.4. The topological polar surface area (TPSA) is 63.1 Å². The first-order valence-electron chi connectivity index (χ1n) is 9.62. The maximum atomic E-state index is 14.3. The van der Waals surface area contributed by atoms with Crippen LogP contribution in [0, 0.1) is 12.7 Å². The monoisotopic (exact) mass is 457 g/mol. The maximum absolute atomic E-state index is 14.3. The molecule has 1 aromatic heterocycles. The summed E-state index contributed by atoms with van der Waals surface area (Å²) in [6.45, 7) is 2.31. The Morgan fingerprint density at radius 3 is 2.58 bits per heavy atom. The van der Waals surface area contributed by atoms with E-state index >= 15 is 0 Å². The molecule has 0 spiro atoms. The van der Waals surface area contributed by atoms with Crippen molar-refractivity contribution >= 4 is 43.9 Å². The van der Waals surface area contributed by atoms with Crippen molar-refractivity contribution in [3.63, 3.8) is 0 Å². The number of rotatable bonds is 6. The van der Waals surface area contributed by atoms with E-state index in [9.17, 15) is 12.8 Å². The Labute approximate surface area is 185 Å². The van der Waals surface area contributed by atoms with Crippen molar-refractivity contribution in [2.75, 3.05) is 12.4 Å². The Balaban J connectivity index is 1.85. The van der Waals surface area contributed by atoms with Crippen LogP contribution in [0.1, 0.15) is 11.1 Å². The van der Waals surface area contributed by atoms with Gasteiger partial charge in [0.2, 0.25) is 0 Å². The average molecular weight is 458 g/mol. The second-order valence-corrected chi connectivity index (χ2v) is 9.53. The minimum atomic E-state index is -3.89. The fraction of sp³-hybridized carbons (Fsp3) is 0.130. The molecule has 5 nitrogen and oxygen atoms in total. The van der Waals surface area contributed by atoms with Crippen LogP contribution in [0.2, 0.25) is 5.02 Å². The third-order valence-corrected chi connectivity index (χ3v) is 6.88. The molecule has 0 unspecified atom stereocenters. The van der Waals surface area contributed by atoms with E-state index in [-0.39, 0.29) is 10.7 Å². The van der Waals surface area contributed by atoms with Crippen LogP contribution in [0.5, 0.6) is 0 Å². The zero-order valence-corrected chi connectivity index (χ0v) is 18.6.